The Hall–Kier alpha value is -2.63. The number of rotatable bonds is 2. The van der Waals surface area contributed by atoms with Gasteiger partial charge in [0.2, 0.25) is 5.91 Å². The predicted molar refractivity (Wildman–Crippen MR) is 103 cm³/mol. The van der Waals surface area contributed by atoms with Gasteiger partial charge in [0.1, 0.15) is 0 Å². The molecule has 2 aromatic rings. The highest BCUT2D eigenvalue weighted by Gasteiger charge is 2.48. The molecule has 3 heterocycles. The van der Waals surface area contributed by atoms with Gasteiger partial charge in [0.05, 0.1) is 16.8 Å². The number of hydrogen-bond donors (Lipinski definition) is 0. The summed E-state index contributed by atoms with van der Waals surface area (Å²) in [6.45, 7) is 5.99. The van der Waals surface area contributed by atoms with Gasteiger partial charge in [-0.1, -0.05) is 0 Å². The van der Waals surface area contributed by atoms with Gasteiger partial charge in [0.15, 0.2) is 0 Å². The fourth-order valence-electron chi connectivity index (χ4n) is 4.51. The summed E-state index contributed by atoms with van der Waals surface area (Å²) < 4.78 is 1.88. The second-order valence-electron chi connectivity index (χ2n) is 7.97. The molecule has 6 heteroatoms. The van der Waals surface area contributed by atoms with Crippen LogP contribution in [-0.2, 0) is 4.79 Å². The van der Waals surface area contributed by atoms with Crippen LogP contribution in [0.2, 0.25) is 0 Å². The minimum absolute atomic E-state index is 0.00724. The van der Waals surface area contributed by atoms with Crippen molar-refractivity contribution in [2.24, 2.45) is 5.41 Å². The zero-order valence-electron chi connectivity index (χ0n) is 16.2. The SMILES string of the molecule is Cc1cc(C)n(-c2ccc(C(=O)N3CCC4(CCCN(C)C4=O)C3)cc2)n1. The van der Waals surface area contributed by atoms with Crippen molar-refractivity contribution in [2.75, 3.05) is 26.7 Å². The molecule has 4 rings (SSSR count). The van der Waals surface area contributed by atoms with Crippen LogP contribution in [0.3, 0.4) is 0 Å². The molecule has 2 amide bonds. The molecule has 0 saturated carbocycles. The van der Waals surface area contributed by atoms with E-state index in [9.17, 15) is 9.59 Å². The molecular weight excluding hydrogens is 340 g/mol. The third-order valence-corrected chi connectivity index (χ3v) is 5.96. The molecule has 1 atom stereocenters. The Morgan fingerprint density at radius 2 is 1.85 bits per heavy atom. The topological polar surface area (TPSA) is 58.4 Å². The molecule has 0 N–H and O–H groups in total. The molecule has 1 spiro atoms. The first-order valence-electron chi connectivity index (χ1n) is 9.58. The molecule has 2 aliphatic rings. The first-order chi connectivity index (χ1) is 12.9. The van der Waals surface area contributed by atoms with Crippen LogP contribution in [0.4, 0.5) is 0 Å². The third-order valence-electron chi connectivity index (χ3n) is 5.96. The van der Waals surface area contributed by atoms with E-state index in [1.54, 1.807) is 0 Å². The van der Waals surface area contributed by atoms with Crippen molar-refractivity contribution in [1.82, 2.24) is 19.6 Å². The molecular formula is C21H26N4O2. The number of hydrogen-bond acceptors (Lipinski definition) is 3. The summed E-state index contributed by atoms with van der Waals surface area (Å²) in [4.78, 5) is 29.3. The summed E-state index contributed by atoms with van der Waals surface area (Å²) in [5.74, 6) is 0.205. The molecule has 142 valence electrons. The second-order valence-corrected chi connectivity index (χ2v) is 7.97. The van der Waals surface area contributed by atoms with Crippen LogP contribution in [0.1, 0.15) is 41.0 Å². The molecule has 0 radical (unpaired) electrons. The number of amides is 2. The van der Waals surface area contributed by atoms with Crippen LogP contribution < -0.4 is 0 Å². The fourth-order valence-corrected chi connectivity index (χ4v) is 4.51. The van der Waals surface area contributed by atoms with Crippen molar-refractivity contribution in [1.29, 1.82) is 0 Å². The summed E-state index contributed by atoms with van der Waals surface area (Å²) in [6, 6.07) is 9.60. The first-order valence-corrected chi connectivity index (χ1v) is 9.58. The van der Waals surface area contributed by atoms with Gasteiger partial charge in [-0.05, 0) is 63.4 Å². The average Bonchev–Trinajstić information content (AvgIpc) is 3.23. The van der Waals surface area contributed by atoms with Gasteiger partial charge < -0.3 is 9.80 Å². The number of nitrogens with zero attached hydrogens (tertiary/aromatic N) is 4. The summed E-state index contributed by atoms with van der Waals surface area (Å²) in [7, 11) is 1.87. The molecule has 0 aliphatic carbocycles. The zero-order chi connectivity index (χ0) is 19.2. The van der Waals surface area contributed by atoms with E-state index in [4.69, 9.17) is 0 Å². The maximum Gasteiger partial charge on any atom is 0.253 e. The van der Waals surface area contributed by atoms with Gasteiger partial charge >= 0.3 is 0 Å². The van der Waals surface area contributed by atoms with Crippen molar-refractivity contribution < 1.29 is 9.59 Å². The van der Waals surface area contributed by atoms with Gasteiger partial charge in [0.25, 0.3) is 5.91 Å². The van der Waals surface area contributed by atoms with Crippen molar-refractivity contribution >= 4 is 11.8 Å². The highest BCUT2D eigenvalue weighted by molar-refractivity contribution is 5.95. The molecule has 2 fully saturated rings. The van der Waals surface area contributed by atoms with Crippen molar-refractivity contribution in [3.63, 3.8) is 0 Å². The van der Waals surface area contributed by atoms with E-state index in [1.165, 1.54) is 0 Å². The number of benzene rings is 1. The lowest BCUT2D eigenvalue weighted by atomic mass is 9.78. The average molecular weight is 366 g/mol. The Morgan fingerprint density at radius 1 is 1.11 bits per heavy atom. The van der Waals surface area contributed by atoms with E-state index in [2.05, 4.69) is 5.10 Å². The molecule has 1 unspecified atom stereocenters. The van der Waals surface area contributed by atoms with Crippen molar-refractivity contribution in [3.05, 3.63) is 47.3 Å². The predicted octanol–water partition coefficient (Wildman–Crippen LogP) is 2.57. The highest BCUT2D eigenvalue weighted by atomic mass is 16.2. The van der Waals surface area contributed by atoms with E-state index in [1.807, 2.05) is 65.7 Å². The lowest BCUT2D eigenvalue weighted by Gasteiger charge is -2.37. The maximum absolute atomic E-state index is 13.0. The Bertz CT molecular complexity index is 886. The Morgan fingerprint density at radius 3 is 2.52 bits per heavy atom. The molecule has 1 aromatic heterocycles. The molecule has 0 bridgehead atoms. The van der Waals surface area contributed by atoms with Crippen LogP contribution in [-0.4, -0.2) is 58.1 Å². The van der Waals surface area contributed by atoms with Gasteiger partial charge in [-0.25, -0.2) is 4.68 Å². The normalized spacial score (nSPS) is 22.7. The molecule has 27 heavy (non-hydrogen) atoms. The summed E-state index contributed by atoms with van der Waals surface area (Å²) >= 11 is 0. The Labute approximate surface area is 159 Å². The van der Waals surface area contributed by atoms with E-state index in [0.717, 1.165) is 42.9 Å². The Kier molecular flexibility index (Phi) is 4.29. The zero-order valence-corrected chi connectivity index (χ0v) is 16.2. The van der Waals surface area contributed by atoms with Crippen LogP contribution in [0, 0.1) is 19.3 Å². The minimum Gasteiger partial charge on any atom is -0.345 e. The smallest absolute Gasteiger partial charge is 0.253 e. The van der Waals surface area contributed by atoms with E-state index in [0.29, 0.717) is 18.7 Å². The monoisotopic (exact) mass is 366 g/mol. The van der Waals surface area contributed by atoms with Crippen molar-refractivity contribution in [2.45, 2.75) is 33.1 Å². The number of aromatic nitrogens is 2. The lowest BCUT2D eigenvalue weighted by molar-refractivity contribution is -0.143. The number of likely N-dealkylation sites (tertiary alicyclic amines) is 2. The van der Waals surface area contributed by atoms with Crippen LogP contribution in [0.15, 0.2) is 30.3 Å². The van der Waals surface area contributed by atoms with Gasteiger partial charge in [-0.2, -0.15) is 5.10 Å². The van der Waals surface area contributed by atoms with Gasteiger partial charge in [-0.3, -0.25) is 9.59 Å². The second kappa shape index (κ2) is 6.51. The fraction of sp³-hybridized carbons (Fsp3) is 0.476. The van der Waals surface area contributed by atoms with Gasteiger partial charge in [0, 0.05) is 37.9 Å². The number of carbonyl (C=O) groups is 2. The van der Waals surface area contributed by atoms with Crippen molar-refractivity contribution in [3.8, 4) is 5.69 Å². The summed E-state index contributed by atoms with van der Waals surface area (Å²) in [5.41, 5.74) is 3.27. The molecule has 1 aromatic carbocycles. The van der Waals surface area contributed by atoms with Gasteiger partial charge in [-0.15, -0.1) is 0 Å². The van der Waals surface area contributed by atoms with Crippen LogP contribution in [0.5, 0.6) is 0 Å². The highest BCUT2D eigenvalue weighted by Crippen LogP contribution is 2.40. The van der Waals surface area contributed by atoms with Crippen LogP contribution in [0.25, 0.3) is 5.69 Å². The number of aryl methyl sites for hydroxylation is 2. The minimum atomic E-state index is -0.369. The molecule has 2 saturated heterocycles. The number of piperidine rings is 1. The summed E-state index contributed by atoms with van der Waals surface area (Å²) in [5, 5.41) is 4.48. The molecule has 6 nitrogen and oxygen atoms in total. The first kappa shape index (κ1) is 17.8. The Balaban J connectivity index is 1.50. The van der Waals surface area contributed by atoms with Crippen LogP contribution >= 0.6 is 0 Å². The maximum atomic E-state index is 13.0. The number of carbonyl (C=O) groups excluding carboxylic acids is 2. The summed E-state index contributed by atoms with van der Waals surface area (Å²) in [6.07, 6.45) is 2.67. The lowest BCUT2D eigenvalue weighted by Crippen LogP contribution is -2.48. The van der Waals surface area contributed by atoms with E-state index >= 15 is 0 Å². The largest absolute Gasteiger partial charge is 0.345 e. The van der Waals surface area contributed by atoms with E-state index < -0.39 is 0 Å². The van der Waals surface area contributed by atoms with E-state index in [-0.39, 0.29) is 17.2 Å². The third kappa shape index (κ3) is 3.03. The standard InChI is InChI=1S/C21H26N4O2/c1-15-13-16(2)25(22-15)18-7-5-17(6-8-18)19(26)24-12-10-21(14-24)9-4-11-23(3)20(21)27/h5-8,13H,4,9-12,14H2,1-3H3. The molecule has 2 aliphatic heterocycles. The quantitative estimate of drug-likeness (QED) is 0.821.